The van der Waals surface area contributed by atoms with Crippen molar-refractivity contribution in [2.75, 3.05) is 7.11 Å². The summed E-state index contributed by atoms with van der Waals surface area (Å²) in [5.74, 6) is 0.858. The standard InChI is InChI=1S/C14H18N2O/c1-14(2,3)13-9-10-16(15-13)11-5-7-12(17-4)8-6-11/h5-10H,1-4H3. The van der Waals surface area contributed by atoms with Gasteiger partial charge in [-0.2, -0.15) is 5.10 Å². The Balaban J connectivity index is 2.30. The van der Waals surface area contributed by atoms with Gasteiger partial charge in [-0.25, -0.2) is 4.68 Å². The van der Waals surface area contributed by atoms with Crippen molar-refractivity contribution in [3.05, 3.63) is 42.2 Å². The maximum Gasteiger partial charge on any atom is 0.119 e. The molecule has 0 radical (unpaired) electrons. The number of aromatic nitrogens is 2. The zero-order valence-electron chi connectivity index (χ0n) is 10.8. The molecular weight excluding hydrogens is 212 g/mol. The van der Waals surface area contributed by atoms with Gasteiger partial charge in [0.15, 0.2) is 0 Å². The van der Waals surface area contributed by atoms with Crippen LogP contribution in [-0.2, 0) is 5.41 Å². The maximum absolute atomic E-state index is 5.13. The average molecular weight is 230 g/mol. The summed E-state index contributed by atoms with van der Waals surface area (Å²) in [7, 11) is 1.67. The molecule has 0 spiro atoms. The van der Waals surface area contributed by atoms with Gasteiger partial charge >= 0.3 is 0 Å². The highest BCUT2D eigenvalue weighted by atomic mass is 16.5. The third-order valence-electron chi connectivity index (χ3n) is 2.69. The van der Waals surface area contributed by atoms with E-state index in [4.69, 9.17) is 4.74 Å². The fourth-order valence-corrected chi connectivity index (χ4v) is 1.60. The fraction of sp³-hybridized carbons (Fsp3) is 0.357. The predicted octanol–water partition coefficient (Wildman–Crippen LogP) is 3.18. The predicted molar refractivity (Wildman–Crippen MR) is 68.8 cm³/mol. The SMILES string of the molecule is COc1ccc(-n2ccc(C(C)(C)C)n2)cc1. The summed E-state index contributed by atoms with van der Waals surface area (Å²) in [6, 6.07) is 9.93. The molecule has 0 aliphatic carbocycles. The molecule has 0 saturated heterocycles. The minimum Gasteiger partial charge on any atom is -0.497 e. The summed E-state index contributed by atoms with van der Waals surface area (Å²) in [6.45, 7) is 6.48. The highest BCUT2D eigenvalue weighted by Gasteiger charge is 2.16. The number of methoxy groups -OCH3 is 1. The Labute approximate surface area is 102 Å². The van der Waals surface area contributed by atoms with E-state index in [1.807, 2.05) is 35.1 Å². The summed E-state index contributed by atoms with van der Waals surface area (Å²) >= 11 is 0. The first-order valence-corrected chi connectivity index (χ1v) is 5.71. The lowest BCUT2D eigenvalue weighted by Gasteiger charge is -2.14. The number of rotatable bonds is 2. The topological polar surface area (TPSA) is 27.1 Å². The van der Waals surface area contributed by atoms with E-state index in [0.717, 1.165) is 17.1 Å². The van der Waals surface area contributed by atoms with Crippen LogP contribution in [0.2, 0.25) is 0 Å². The molecule has 90 valence electrons. The van der Waals surface area contributed by atoms with Gasteiger partial charge in [-0.3, -0.25) is 0 Å². The highest BCUT2D eigenvalue weighted by Crippen LogP contribution is 2.21. The van der Waals surface area contributed by atoms with Crippen molar-refractivity contribution in [1.29, 1.82) is 0 Å². The molecule has 3 nitrogen and oxygen atoms in total. The third kappa shape index (κ3) is 2.49. The first kappa shape index (κ1) is 11.7. The molecule has 17 heavy (non-hydrogen) atoms. The molecule has 2 rings (SSSR count). The van der Waals surface area contributed by atoms with E-state index in [2.05, 4.69) is 31.9 Å². The third-order valence-corrected chi connectivity index (χ3v) is 2.69. The average Bonchev–Trinajstić information content (AvgIpc) is 2.78. The van der Waals surface area contributed by atoms with Crippen molar-refractivity contribution in [1.82, 2.24) is 9.78 Å². The van der Waals surface area contributed by atoms with Crippen molar-refractivity contribution in [2.45, 2.75) is 26.2 Å². The van der Waals surface area contributed by atoms with Gasteiger partial charge < -0.3 is 4.74 Å². The lowest BCUT2D eigenvalue weighted by molar-refractivity contribution is 0.414. The van der Waals surface area contributed by atoms with E-state index < -0.39 is 0 Å². The molecule has 1 heterocycles. The van der Waals surface area contributed by atoms with Gasteiger partial charge in [0.1, 0.15) is 5.75 Å². The van der Waals surface area contributed by atoms with E-state index in [0.29, 0.717) is 0 Å². The first-order chi connectivity index (χ1) is 8.00. The van der Waals surface area contributed by atoms with Crippen molar-refractivity contribution in [3.8, 4) is 11.4 Å². The summed E-state index contributed by atoms with van der Waals surface area (Å²) in [4.78, 5) is 0. The van der Waals surface area contributed by atoms with E-state index in [9.17, 15) is 0 Å². The van der Waals surface area contributed by atoms with Crippen LogP contribution >= 0.6 is 0 Å². The lowest BCUT2D eigenvalue weighted by atomic mass is 9.93. The molecule has 0 unspecified atom stereocenters. The zero-order chi connectivity index (χ0) is 12.5. The minimum atomic E-state index is 0.0811. The van der Waals surface area contributed by atoms with Crippen LogP contribution in [0, 0.1) is 0 Å². The smallest absolute Gasteiger partial charge is 0.119 e. The summed E-state index contributed by atoms with van der Waals surface area (Å²) < 4.78 is 7.02. The van der Waals surface area contributed by atoms with Crippen molar-refractivity contribution < 1.29 is 4.74 Å². The van der Waals surface area contributed by atoms with Gasteiger partial charge in [-0.1, -0.05) is 20.8 Å². The number of hydrogen-bond acceptors (Lipinski definition) is 2. The second-order valence-electron chi connectivity index (χ2n) is 5.09. The summed E-state index contributed by atoms with van der Waals surface area (Å²) in [5.41, 5.74) is 2.21. The van der Waals surface area contributed by atoms with Gasteiger partial charge in [0, 0.05) is 11.6 Å². The van der Waals surface area contributed by atoms with Gasteiger partial charge in [0.2, 0.25) is 0 Å². The largest absolute Gasteiger partial charge is 0.497 e. The molecule has 3 heteroatoms. The van der Waals surface area contributed by atoms with Gasteiger partial charge in [-0.05, 0) is 30.3 Å². The first-order valence-electron chi connectivity index (χ1n) is 5.71. The molecule has 0 amide bonds. The second kappa shape index (κ2) is 4.24. The van der Waals surface area contributed by atoms with Gasteiger partial charge in [-0.15, -0.1) is 0 Å². The van der Waals surface area contributed by atoms with Crippen LogP contribution < -0.4 is 4.74 Å². The molecule has 0 fully saturated rings. The quantitative estimate of drug-likeness (QED) is 0.792. The molecule has 2 aromatic rings. The number of nitrogens with zero attached hydrogens (tertiary/aromatic N) is 2. The molecule has 0 aliphatic rings. The number of ether oxygens (including phenoxy) is 1. The maximum atomic E-state index is 5.13. The van der Waals surface area contributed by atoms with Crippen LogP contribution in [0.5, 0.6) is 5.75 Å². The van der Waals surface area contributed by atoms with E-state index in [1.165, 1.54) is 0 Å². The Morgan fingerprint density at radius 2 is 1.71 bits per heavy atom. The van der Waals surface area contributed by atoms with E-state index in [1.54, 1.807) is 7.11 Å². The van der Waals surface area contributed by atoms with Crippen molar-refractivity contribution >= 4 is 0 Å². The molecular formula is C14H18N2O. The molecule has 1 aromatic heterocycles. The summed E-state index contributed by atoms with van der Waals surface area (Å²) in [5, 5.41) is 4.58. The van der Waals surface area contributed by atoms with Crippen molar-refractivity contribution in [3.63, 3.8) is 0 Å². The van der Waals surface area contributed by atoms with Crippen LogP contribution in [0.3, 0.4) is 0 Å². The Bertz CT molecular complexity index is 492. The Kier molecular flexibility index (Phi) is 2.92. The summed E-state index contributed by atoms with van der Waals surface area (Å²) in [6.07, 6.45) is 1.99. The van der Waals surface area contributed by atoms with E-state index in [-0.39, 0.29) is 5.41 Å². The molecule has 0 bridgehead atoms. The number of hydrogen-bond donors (Lipinski definition) is 0. The Morgan fingerprint density at radius 1 is 1.06 bits per heavy atom. The minimum absolute atomic E-state index is 0.0811. The van der Waals surface area contributed by atoms with Crippen molar-refractivity contribution in [2.24, 2.45) is 0 Å². The van der Waals surface area contributed by atoms with Crippen LogP contribution in [0.4, 0.5) is 0 Å². The molecule has 1 aromatic carbocycles. The molecule has 0 saturated carbocycles. The normalized spacial score (nSPS) is 11.5. The van der Waals surface area contributed by atoms with Crippen LogP contribution in [0.25, 0.3) is 5.69 Å². The van der Waals surface area contributed by atoms with E-state index >= 15 is 0 Å². The van der Waals surface area contributed by atoms with Gasteiger partial charge in [0.25, 0.3) is 0 Å². The Morgan fingerprint density at radius 3 is 2.18 bits per heavy atom. The second-order valence-corrected chi connectivity index (χ2v) is 5.09. The van der Waals surface area contributed by atoms with Gasteiger partial charge in [0.05, 0.1) is 18.5 Å². The fourth-order valence-electron chi connectivity index (χ4n) is 1.60. The highest BCUT2D eigenvalue weighted by molar-refractivity contribution is 5.37. The molecule has 0 atom stereocenters. The lowest BCUT2D eigenvalue weighted by Crippen LogP contribution is -2.12. The van der Waals surface area contributed by atoms with Crippen LogP contribution in [-0.4, -0.2) is 16.9 Å². The van der Waals surface area contributed by atoms with Crippen LogP contribution in [0.1, 0.15) is 26.5 Å². The molecule has 0 N–H and O–H groups in total. The molecule has 0 aliphatic heterocycles. The zero-order valence-corrected chi connectivity index (χ0v) is 10.8. The monoisotopic (exact) mass is 230 g/mol. The number of benzene rings is 1. The van der Waals surface area contributed by atoms with Crippen LogP contribution in [0.15, 0.2) is 36.5 Å². The Hall–Kier alpha value is -1.77.